The van der Waals surface area contributed by atoms with E-state index in [1.165, 1.54) is 36.9 Å². The first-order valence-electron chi connectivity index (χ1n) is 10.3. The topological polar surface area (TPSA) is 24.7 Å². The van der Waals surface area contributed by atoms with E-state index in [4.69, 9.17) is 4.99 Å². The third-order valence-corrected chi connectivity index (χ3v) is 6.69. The molecule has 0 unspecified atom stereocenters. The molecule has 0 aliphatic rings. The summed E-state index contributed by atoms with van der Waals surface area (Å²) in [4.78, 5) is 9.20. The van der Waals surface area contributed by atoms with E-state index in [9.17, 15) is 0 Å². The number of fused-ring (bicyclic) bond motifs is 3. The van der Waals surface area contributed by atoms with Crippen molar-refractivity contribution in [3.8, 4) is 11.1 Å². The third kappa shape index (κ3) is 3.80. The maximum Gasteiger partial charge on any atom is 0.155 e. The molecule has 0 amide bonds. The summed E-state index contributed by atoms with van der Waals surface area (Å²) < 4.78 is 2.48. The van der Waals surface area contributed by atoms with Gasteiger partial charge in [0.15, 0.2) is 5.84 Å². The van der Waals surface area contributed by atoms with Crippen LogP contribution in [0.15, 0.2) is 101 Å². The molecule has 0 fully saturated rings. The second kappa shape index (κ2) is 8.29. The summed E-state index contributed by atoms with van der Waals surface area (Å²) in [6.07, 6.45) is 0. The van der Waals surface area contributed by atoms with Crippen LogP contribution in [-0.4, -0.2) is 12.6 Å². The van der Waals surface area contributed by atoms with Crippen molar-refractivity contribution in [3.05, 3.63) is 108 Å². The van der Waals surface area contributed by atoms with Gasteiger partial charge in [0.2, 0.25) is 0 Å². The van der Waals surface area contributed by atoms with Gasteiger partial charge in [0.25, 0.3) is 0 Å². The average Bonchev–Trinajstić information content (AvgIpc) is 3.19. The highest BCUT2D eigenvalue weighted by atomic mass is 32.1. The van der Waals surface area contributed by atoms with Crippen molar-refractivity contribution in [2.24, 2.45) is 9.98 Å². The van der Waals surface area contributed by atoms with Gasteiger partial charge in [-0.05, 0) is 48.5 Å². The van der Waals surface area contributed by atoms with E-state index in [0.29, 0.717) is 12.4 Å². The lowest BCUT2D eigenvalue weighted by Crippen LogP contribution is -1.99. The number of hydrogen-bond acceptors (Lipinski definition) is 2. The SMILES string of the molecule is C=NC(=NCc1ccccc1)c1cc(-c2cccc(C)c2)cc2c1sc1ccccc12. The van der Waals surface area contributed by atoms with Crippen molar-refractivity contribution in [1.82, 2.24) is 0 Å². The standard InChI is InChI=1S/C28H22N2S/c1-19-9-8-12-21(15-19)22-16-24-23-13-6-7-14-26(23)31-27(24)25(17-22)28(29-2)30-18-20-10-4-3-5-11-20/h3-17H,2,18H2,1H3. The molecule has 1 aromatic heterocycles. The summed E-state index contributed by atoms with van der Waals surface area (Å²) >= 11 is 1.79. The van der Waals surface area contributed by atoms with E-state index in [1.807, 2.05) is 18.2 Å². The maximum atomic E-state index is 4.85. The van der Waals surface area contributed by atoms with Gasteiger partial charge >= 0.3 is 0 Å². The number of benzene rings is 4. The molecule has 0 radical (unpaired) electrons. The number of amidine groups is 1. The van der Waals surface area contributed by atoms with Crippen LogP contribution in [0.1, 0.15) is 16.7 Å². The zero-order chi connectivity index (χ0) is 21.2. The van der Waals surface area contributed by atoms with Crippen molar-refractivity contribution >= 4 is 44.1 Å². The molecule has 4 aromatic carbocycles. The molecule has 1 heterocycles. The van der Waals surface area contributed by atoms with E-state index >= 15 is 0 Å². The fourth-order valence-corrected chi connectivity index (χ4v) is 5.15. The molecule has 150 valence electrons. The van der Waals surface area contributed by atoms with E-state index in [0.717, 1.165) is 11.1 Å². The zero-order valence-corrected chi connectivity index (χ0v) is 18.2. The van der Waals surface area contributed by atoms with Crippen LogP contribution in [0.5, 0.6) is 0 Å². The minimum Gasteiger partial charge on any atom is -0.261 e. The summed E-state index contributed by atoms with van der Waals surface area (Å²) in [7, 11) is 0. The smallest absolute Gasteiger partial charge is 0.155 e. The average molecular weight is 419 g/mol. The van der Waals surface area contributed by atoms with Gasteiger partial charge in [-0.15, -0.1) is 11.3 Å². The van der Waals surface area contributed by atoms with E-state index in [-0.39, 0.29) is 0 Å². The molecule has 0 bridgehead atoms. The minimum atomic E-state index is 0.580. The van der Waals surface area contributed by atoms with Gasteiger partial charge in [0.05, 0.1) is 6.54 Å². The number of nitrogens with zero attached hydrogens (tertiary/aromatic N) is 2. The molecule has 2 nitrogen and oxygen atoms in total. The Morgan fingerprint density at radius 2 is 1.61 bits per heavy atom. The highest BCUT2D eigenvalue weighted by Crippen LogP contribution is 2.39. The molecule has 0 spiro atoms. The second-order valence-electron chi connectivity index (χ2n) is 7.65. The van der Waals surface area contributed by atoms with Crippen LogP contribution in [0.3, 0.4) is 0 Å². The summed E-state index contributed by atoms with van der Waals surface area (Å²) in [5, 5.41) is 2.51. The first-order chi connectivity index (χ1) is 15.2. The third-order valence-electron chi connectivity index (χ3n) is 5.47. The van der Waals surface area contributed by atoms with Crippen molar-refractivity contribution in [3.63, 3.8) is 0 Å². The number of thiophene rings is 1. The predicted octanol–water partition coefficient (Wildman–Crippen LogP) is 7.68. The first kappa shape index (κ1) is 19.4. The van der Waals surface area contributed by atoms with E-state index < -0.39 is 0 Å². The molecule has 0 atom stereocenters. The van der Waals surface area contributed by atoms with Gasteiger partial charge in [-0.25, -0.2) is 4.99 Å². The Morgan fingerprint density at radius 3 is 2.42 bits per heavy atom. The molecular formula is C28H22N2S. The molecule has 3 heteroatoms. The summed E-state index contributed by atoms with van der Waals surface area (Å²) in [5.41, 5.74) is 5.82. The highest BCUT2D eigenvalue weighted by molar-refractivity contribution is 7.26. The maximum absolute atomic E-state index is 4.85. The monoisotopic (exact) mass is 418 g/mol. The van der Waals surface area contributed by atoms with Crippen LogP contribution >= 0.6 is 11.3 Å². The van der Waals surface area contributed by atoms with Gasteiger partial charge in [0.1, 0.15) is 0 Å². The lowest BCUT2D eigenvalue weighted by Gasteiger charge is -2.09. The summed E-state index contributed by atoms with van der Waals surface area (Å²) in [6.45, 7) is 6.56. The van der Waals surface area contributed by atoms with Crippen LogP contribution in [0.25, 0.3) is 31.3 Å². The fourth-order valence-electron chi connectivity index (χ4n) is 3.95. The number of aryl methyl sites for hydroxylation is 1. The Morgan fingerprint density at radius 1 is 0.806 bits per heavy atom. The molecule has 5 aromatic rings. The van der Waals surface area contributed by atoms with Gasteiger partial charge < -0.3 is 0 Å². The van der Waals surface area contributed by atoms with Gasteiger partial charge in [-0.2, -0.15) is 0 Å². The highest BCUT2D eigenvalue weighted by Gasteiger charge is 2.15. The number of rotatable bonds is 4. The van der Waals surface area contributed by atoms with Crippen molar-refractivity contribution in [2.75, 3.05) is 0 Å². The Labute approximate surface area is 186 Å². The Kier molecular flexibility index (Phi) is 5.19. The quantitative estimate of drug-likeness (QED) is 0.211. The molecule has 31 heavy (non-hydrogen) atoms. The molecule has 0 saturated heterocycles. The van der Waals surface area contributed by atoms with Crippen molar-refractivity contribution in [1.29, 1.82) is 0 Å². The molecule has 0 aliphatic heterocycles. The van der Waals surface area contributed by atoms with Crippen LogP contribution < -0.4 is 0 Å². The van der Waals surface area contributed by atoms with E-state index in [1.54, 1.807) is 11.3 Å². The Balaban J connectivity index is 1.74. The van der Waals surface area contributed by atoms with Gasteiger partial charge in [0, 0.05) is 25.7 Å². The summed E-state index contributed by atoms with van der Waals surface area (Å²) in [5.74, 6) is 0.690. The number of aliphatic imine (C=N–C) groups is 2. The largest absolute Gasteiger partial charge is 0.261 e. The number of hydrogen-bond donors (Lipinski definition) is 0. The van der Waals surface area contributed by atoms with Gasteiger partial charge in [-0.3, -0.25) is 4.99 Å². The van der Waals surface area contributed by atoms with Crippen LogP contribution in [0.4, 0.5) is 0 Å². The lowest BCUT2D eigenvalue weighted by molar-refractivity contribution is 1.06. The zero-order valence-electron chi connectivity index (χ0n) is 17.4. The molecule has 0 aliphatic carbocycles. The molecule has 0 saturated carbocycles. The van der Waals surface area contributed by atoms with Crippen LogP contribution in [0.2, 0.25) is 0 Å². The summed E-state index contributed by atoms with van der Waals surface area (Å²) in [6, 6.07) is 32.0. The Bertz CT molecular complexity index is 1430. The second-order valence-corrected chi connectivity index (χ2v) is 8.70. The molecular weight excluding hydrogens is 396 g/mol. The normalized spacial score (nSPS) is 11.8. The molecule has 5 rings (SSSR count). The van der Waals surface area contributed by atoms with Crippen molar-refractivity contribution < 1.29 is 0 Å². The van der Waals surface area contributed by atoms with Crippen LogP contribution in [-0.2, 0) is 6.54 Å². The van der Waals surface area contributed by atoms with Gasteiger partial charge in [-0.1, -0.05) is 78.4 Å². The van der Waals surface area contributed by atoms with Crippen LogP contribution in [0, 0.1) is 6.92 Å². The van der Waals surface area contributed by atoms with E-state index in [2.05, 4.69) is 91.4 Å². The predicted molar refractivity (Wildman–Crippen MR) is 136 cm³/mol. The van der Waals surface area contributed by atoms with Crippen molar-refractivity contribution in [2.45, 2.75) is 13.5 Å². The molecule has 0 N–H and O–H groups in total. The first-order valence-corrected chi connectivity index (χ1v) is 11.1. The fraction of sp³-hybridized carbons (Fsp3) is 0.0714. The minimum absolute atomic E-state index is 0.580. The lowest BCUT2D eigenvalue weighted by atomic mass is 9.98. The Hall–Kier alpha value is -3.56.